The van der Waals surface area contributed by atoms with Crippen LogP contribution in [0.4, 0.5) is 0 Å². The maximum absolute atomic E-state index is 9.92. The number of aliphatic hydroxyl groups excluding tert-OH is 1. The summed E-state index contributed by atoms with van der Waals surface area (Å²) >= 11 is 0. The fourth-order valence-electron chi connectivity index (χ4n) is 3.18. The Bertz CT molecular complexity index is 417. The molecule has 1 aromatic heterocycles. The number of aliphatic hydroxyl groups is 1. The van der Waals surface area contributed by atoms with E-state index in [1.165, 1.54) is 12.8 Å². The van der Waals surface area contributed by atoms with Gasteiger partial charge in [0.1, 0.15) is 0 Å². The average molecular weight is 266 g/mol. The Morgan fingerprint density at radius 2 is 2.21 bits per heavy atom. The molecule has 0 amide bonds. The van der Waals surface area contributed by atoms with Crippen molar-refractivity contribution in [2.45, 2.75) is 38.3 Å². The lowest BCUT2D eigenvalue weighted by molar-refractivity contribution is 0.149. The van der Waals surface area contributed by atoms with Gasteiger partial charge in [0.2, 0.25) is 5.89 Å². The third-order valence-electron chi connectivity index (χ3n) is 4.16. The van der Waals surface area contributed by atoms with Crippen molar-refractivity contribution < 1.29 is 9.63 Å². The molecule has 2 fully saturated rings. The topological polar surface area (TPSA) is 74.4 Å². The van der Waals surface area contributed by atoms with Gasteiger partial charge in [0.25, 0.3) is 0 Å². The molecule has 19 heavy (non-hydrogen) atoms. The minimum Gasteiger partial charge on any atom is -0.392 e. The van der Waals surface area contributed by atoms with Gasteiger partial charge < -0.3 is 14.9 Å². The largest absolute Gasteiger partial charge is 0.392 e. The standard InChI is InChI=1S/C13H22N4O2/c1-9-15-13(19-16-9)12-6-11(18)8-17(12)7-10-2-4-14-5-3-10/h10-12,14,18H,2-8H2,1H3/t11-,12+/m0/s1. The molecule has 0 bridgehead atoms. The van der Waals surface area contributed by atoms with Crippen molar-refractivity contribution in [3.8, 4) is 0 Å². The van der Waals surface area contributed by atoms with Gasteiger partial charge in [-0.25, -0.2) is 0 Å². The predicted molar refractivity (Wildman–Crippen MR) is 69.6 cm³/mol. The Kier molecular flexibility index (Phi) is 3.81. The summed E-state index contributed by atoms with van der Waals surface area (Å²) < 4.78 is 5.29. The van der Waals surface area contributed by atoms with E-state index < -0.39 is 0 Å². The van der Waals surface area contributed by atoms with Crippen LogP contribution in [0.2, 0.25) is 0 Å². The van der Waals surface area contributed by atoms with E-state index in [2.05, 4.69) is 20.4 Å². The van der Waals surface area contributed by atoms with Crippen LogP contribution in [0.1, 0.15) is 37.0 Å². The normalized spacial score (nSPS) is 30.0. The first-order valence-electron chi connectivity index (χ1n) is 7.15. The fraction of sp³-hybridized carbons (Fsp3) is 0.846. The van der Waals surface area contributed by atoms with E-state index in [0.717, 1.165) is 26.2 Å². The van der Waals surface area contributed by atoms with E-state index in [1.54, 1.807) is 0 Å². The van der Waals surface area contributed by atoms with Crippen LogP contribution in [0.5, 0.6) is 0 Å². The van der Waals surface area contributed by atoms with Crippen LogP contribution >= 0.6 is 0 Å². The molecule has 6 nitrogen and oxygen atoms in total. The molecular formula is C13H22N4O2. The zero-order valence-electron chi connectivity index (χ0n) is 11.4. The first kappa shape index (κ1) is 13.0. The number of β-amino-alcohol motifs (C(OH)–C–C–N with tert-alkyl or cyclic N) is 1. The summed E-state index contributed by atoms with van der Waals surface area (Å²) in [5, 5.41) is 17.2. The lowest BCUT2D eigenvalue weighted by Crippen LogP contribution is -2.36. The van der Waals surface area contributed by atoms with E-state index in [4.69, 9.17) is 4.52 Å². The molecule has 2 saturated heterocycles. The van der Waals surface area contributed by atoms with Gasteiger partial charge in [-0.15, -0.1) is 0 Å². The SMILES string of the molecule is Cc1noc([C@H]2C[C@H](O)CN2CC2CCNCC2)n1. The minimum absolute atomic E-state index is 0.0890. The van der Waals surface area contributed by atoms with Gasteiger partial charge in [-0.05, 0) is 45.2 Å². The molecule has 0 spiro atoms. The highest BCUT2D eigenvalue weighted by molar-refractivity contribution is 4.98. The van der Waals surface area contributed by atoms with Crippen LogP contribution in [0, 0.1) is 12.8 Å². The van der Waals surface area contributed by atoms with Crippen molar-refractivity contribution in [2.75, 3.05) is 26.2 Å². The molecule has 106 valence electrons. The number of piperidine rings is 1. The second-order valence-electron chi connectivity index (χ2n) is 5.73. The van der Waals surface area contributed by atoms with E-state index in [0.29, 0.717) is 24.1 Å². The van der Waals surface area contributed by atoms with Crippen molar-refractivity contribution in [3.05, 3.63) is 11.7 Å². The number of hydrogen-bond donors (Lipinski definition) is 2. The monoisotopic (exact) mass is 266 g/mol. The summed E-state index contributed by atoms with van der Waals surface area (Å²) in [6, 6.07) is 0.0890. The van der Waals surface area contributed by atoms with Crippen molar-refractivity contribution in [1.29, 1.82) is 0 Å². The first-order chi connectivity index (χ1) is 9.22. The van der Waals surface area contributed by atoms with E-state index in [9.17, 15) is 5.11 Å². The summed E-state index contributed by atoms with van der Waals surface area (Å²) in [5.41, 5.74) is 0. The summed E-state index contributed by atoms with van der Waals surface area (Å²) in [4.78, 5) is 6.64. The van der Waals surface area contributed by atoms with Crippen molar-refractivity contribution in [2.24, 2.45) is 5.92 Å². The molecule has 1 aromatic rings. The average Bonchev–Trinajstić information content (AvgIpc) is 2.97. The third kappa shape index (κ3) is 2.96. The third-order valence-corrected chi connectivity index (χ3v) is 4.16. The molecular weight excluding hydrogens is 244 g/mol. The second-order valence-corrected chi connectivity index (χ2v) is 5.73. The molecule has 2 N–H and O–H groups in total. The van der Waals surface area contributed by atoms with Gasteiger partial charge >= 0.3 is 0 Å². The zero-order valence-corrected chi connectivity index (χ0v) is 11.4. The number of nitrogens with one attached hydrogen (secondary N) is 1. The molecule has 2 aliphatic rings. The molecule has 0 aromatic carbocycles. The zero-order chi connectivity index (χ0) is 13.2. The van der Waals surface area contributed by atoms with E-state index in [-0.39, 0.29) is 12.1 Å². The highest BCUT2D eigenvalue weighted by atomic mass is 16.5. The summed E-state index contributed by atoms with van der Waals surface area (Å²) in [6.07, 6.45) is 2.84. The molecule has 0 aliphatic carbocycles. The number of nitrogens with zero attached hydrogens (tertiary/aromatic N) is 3. The van der Waals surface area contributed by atoms with Gasteiger partial charge in [-0.2, -0.15) is 4.98 Å². The lowest BCUT2D eigenvalue weighted by atomic mass is 9.97. The van der Waals surface area contributed by atoms with Gasteiger partial charge in [0, 0.05) is 13.1 Å². The van der Waals surface area contributed by atoms with Crippen LogP contribution in [0.15, 0.2) is 4.52 Å². The smallest absolute Gasteiger partial charge is 0.244 e. The van der Waals surface area contributed by atoms with Crippen LogP contribution in [0.25, 0.3) is 0 Å². The summed E-state index contributed by atoms with van der Waals surface area (Å²) in [7, 11) is 0. The van der Waals surface area contributed by atoms with Crippen LogP contribution in [-0.4, -0.2) is 52.4 Å². The number of likely N-dealkylation sites (tertiary alicyclic amines) is 1. The predicted octanol–water partition coefficient (Wildman–Crippen LogP) is 0.485. The summed E-state index contributed by atoms with van der Waals surface area (Å²) in [6.45, 7) is 5.77. The van der Waals surface area contributed by atoms with Crippen LogP contribution < -0.4 is 5.32 Å². The number of aromatic nitrogens is 2. The van der Waals surface area contributed by atoms with Gasteiger partial charge in [-0.3, -0.25) is 4.90 Å². The quantitative estimate of drug-likeness (QED) is 0.829. The van der Waals surface area contributed by atoms with E-state index in [1.807, 2.05) is 6.92 Å². The van der Waals surface area contributed by atoms with Gasteiger partial charge in [0.15, 0.2) is 5.82 Å². The minimum atomic E-state index is -0.279. The highest BCUT2D eigenvalue weighted by Crippen LogP contribution is 2.32. The fourth-order valence-corrected chi connectivity index (χ4v) is 3.18. The molecule has 0 saturated carbocycles. The molecule has 3 rings (SSSR count). The van der Waals surface area contributed by atoms with Crippen molar-refractivity contribution in [3.63, 3.8) is 0 Å². The van der Waals surface area contributed by atoms with Crippen molar-refractivity contribution in [1.82, 2.24) is 20.4 Å². The Morgan fingerprint density at radius 3 is 2.89 bits per heavy atom. The number of rotatable bonds is 3. The number of hydrogen-bond acceptors (Lipinski definition) is 6. The molecule has 2 aliphatic heterocycles. The molecule has 3 heterocycles. The Labute approximate surface area is 113 Å². The molecule has 2 atom stereocenters. The first-order valence-corrected chi connectivity index (χ1v) is 7.15. The number of aryl methyl sites for hydroxylation is 1. The molecule has 0 unspecified atom stereocenters. The van der Waals surface area contributed by atoms with Crippen LogP contribution in [0.3, 0.4) is 0 Å². The second kappa shape index (κ2) is 5.56. The maximum Gasteiger partial charge on any atom is 0.244 e. The highest BCUT2D eigenvalue weighted by Gasteiger charge is 2.36. The molecule has 6 heteroatoms. The van der Waals surface area contributed by atoms with Gasteiger partial charge in [0.05, 0.1) is 12.1 Å². The molecule has 0 radical (unpaired) electrons. The van der Waals surface area contributed by atoms with Crippen LogP contribution in [-0.2, 0) is 0 Å². The summed E-state index contributed by atoms with van der Waals surface area (Å²) in [5.74, 6) is 2.03. The van der Waals surface area contributed by atoms with E-state index >= 15 is 0 Å². The maximum atomic E-state index is 9.92. The Balaban J connectivity index is 1.67. The Hall–Kier alpha value is -0.980. The van der Waals surface area contributed by atoms with Crippen molar-refractivity contribution >= 4 is 0 Å². The lowest BCUT2D eigenvalue weighted by Gasteiger charge is -2.29. The Morgan fingerprint density at radius 1 is 1.42 bits per heavy atom. The van der Waals surface area contributed by atoms with Gasteiger partial charge in [-0.1, -0.05) is 5.16 Å².